The van der Waals surface area contributed by atoms with Crippen molar-refractivity contribution in [1.82, 2.24) is 14.6 Å². The largest absolute Gasteiger partial charge is 0.490 e. The Morgan fingerprint density at radius 2 is 1.82 bits per heavy atom. The maximum Gasteiger partial charge on any atom is 0.241 e. The number of carbonyl (C=O) groups is 1. The molecule has 0 aliphatic carbocycles. The van der Waals surface area contributed by atoms with Crippen LogP contribution in [0.3, 0.4) is 0 Å². The Labute approximate surface area is 191 Å². The van der Waals surface area contributed by atoms with Crippen molar-refractivity contribution in [2.24, 2.45) is 0 Å². The van der Waals surface area contributed by atoms with Crippen LogP contribution < -0.4 is 14.2 Å². The molecule has 5 rings (SSSR count). The van der Waals surface area contributed by atoms with Gasteiger partial charge in [-0.05, 0) is 37.1 Å². The van der Waals surface area contributed by atoms with Gasteiger partial charge in [0.05, 0.1) is 24.7 Å². The SMILES string of the molecule is O=C(CNS(=O)(=O)c1ccc2c(c1)OCCCO2)N1CCC(c2nc3ccccc3o2)CC1. The summed E-state index contributed by atoms with van der Waals surface area (Å²) in [6, 6.07) is 12.1. The maximum atomic E-state index is 12.7. The van der Waals surface area contributed by atoms with Crippen molar-refractivity contribution >= 4 is 27.0 Å². The number of rotatable bonds is 5. The molecule has 0 saturated carbocycles. The number of likely N-dealkylation sites (tertiary alicyclic amines) is 1. The summed E-state index contributed by atoms with van der Waals surface area (Å²) in [6.07, 6.45) is 2.16. The lowest BCUT2D eigenvalue weighted by atomic mass is 9.97. The molecule has 1 fully saturated rings. The maximum absolute atomic E-state index is 12.7. The molecule has 0 spiro atoms. The zero-order valence-corrected chi connectivity index (χ0v) is 18.8. The molecule has 2 aliphatic rings. The van der Waals surface area contributed by atoms with Gasteiger partial charge in [-0.2, -0.15) is 0 Å². The second-order valence-electron chi connectivity index (χ2n) is 8.16. The second kappa shape index (κ2) is 9.03. The van der Waals surface area contributed by atoms with Crippen LogP contribution in [0.4, 0.5) is 0 Å². The first-order chi connectivity index (χ1) is 16.0. The fourth-order valence-electron chi connectivity index (χ4n) is 4.10. The molecular formula is C23H25N3O6S. The van der Waals surface area contributed by atoms with E-state index < -0.39 is 10.0 Å². The third kappa shape index (κ3) is 4.67. The molecule has 1 N–H and O–H groups in total. The van der Waals surface area contributed by atoms with Crippen LogP contribution in [0.5, 0.6) is 11.5 Å². The number of hydrogen-bond acceptors (Lipinski definition) is 7. The second-order valence-corrected chi connectivity index (χ2v) is 9.93. The minimum Gasteiger partial charge on any atom is -0.490 e. The monoisotopic (exact) mass is 471 g/mol. The average Bonchev–Trinajstić information content (AvgIpc) is 3.13. The lowest BCUT2D eigenvalue weighted by Crippen LogP contribution is -2.43. The van der Waals surface area contributed by atoms with Gasteiger partial charge in [0.1, 0.15) is 5.52 Å². The third-order valence-corrected chi connectivity index (χ3v) is 7.35. The van der Waals surface area contributed by atoms with Crippen LogP contribution in [-0.2, 0) is 14.8 Å². The van der Waals surface area contributed by atoms with Crippen molar-refractivity contribution in [3.8, 4) is 11.5 Å². The van der Waals surface area contributed by atoms with Gasteiger partial charge in [-0.25, -0.2) is 18.1 Å². The fraction of sp³-hybridized carbons (Fsp3) is 0.391. The number of para-hydroxylation sites is 2. The van der Waals surface area contributed by atoms with Gasteiger partial charge in [-0.15, -0.1) is 0 Å². The molecule has 0 unspecified atom stereocenters. The van der Waals surface area contributed by atoms with Gasteiger partial charge in [0.25, 0.3) is 0 Å². The summed E-state index contributed by atoms with van der Waals surface area (Å²) in [7, 11) is -3.87. The molecule has 9 nitrogen and oxygen atoms in total. The van der Waals surface area contributed by atoms with E-state index in [2.05, 4.69) is 9.71 Å². The van der Waals surface area contributed by atoms with Crippen LogP contribution in [0.2, 0.25) is 0 Å². The fourth-order valence-corrected chi connectivity index (χ4v) is 5.09. The highest BCUT2D eigenvalue weighted by molar-refractivity contribution is 7.89. The number of sulfonamides is 1. The van der Waals surface area contributed by atoms with Gasteiger partial charge >= 0.3 is 0 Å². The van der Waals surface area contributed by atoms with Gasteiger partial charge in [0.2, 0.25) is 15.9 Å². The van der Waals surface area contributed by atoms with Gasteiger partial charge in [-0.1, -0.05) is 12.1 Å². The molecular weight excluding hydrogens is 446 g/mol. The zero-order valence-electron chi connectivity index (χ0n) is 18.0. The minimum absolute atomic E-state index is 0.0363. The summed E-state index contributed by atoms with van der Waals surface area (Å²) in [4.78, 5) is 18.9. The summed E-state index contributed by atoms with van der Waals surface area (Å²) in [5, 5.41) is 0. The van der Waals surface area contributed by atoms with Crippen molar-refractivity contribution in [3.63, 3.8) is 0 Å². The molecule has 174 valence electrons. The molecule has 0 atom stereocenters. The number of benzene rings is 2. The smallest absolute Gasteiger partial charge is 0.241 e. The van der Waals surface area contributed by atoms with Crippen molar-refractivity contribution in [2.75, 3.05) is 32.8 Å². The number of nitrogens with one attached hydrogen (secondary N) is 1. The first-order valence-corrected chi connectivity index (χ1v) is 12.5. The molecule has 2 aromatic carbocycles. The molecule has 10 heteroatoms. The van der Waals surface area contributed by atoms with E-state index in [4.69, 9.17) is 13.9 Å². The standard InChI is InChI=1S/C23H25N3O6S/c27-22(15-24-33(28,29)17-6-7-20-21(14-17)31-13-3-12-30-20)26-10-8-16(9-11-26)23-25-18-4-1-2-5-19(18)32-23/h1-2,4-7,14,16,24H,3,8-13,15H2. The van der Waals surface area contributed by atoms with Crippen molar-refractivity contribution in [2.45, 2.75) is 30.1 Å². The van der Waals surface area contributed by atoms with E-state index in [1.165, 1.54) is 12.1 Å². The highest BCUT2D eigenvalue weighted by atomic mass is 32.2. The third-order valence-electron chi connectivity index (χ3n) is 5.95. The molecule has 2 aliphatic heterocycles. The quantitative estimate of drug-likeness (QED) is 0.609. The van der Waals surface area contributed by atoms with E-state index in [0.29, 0.717) is 56.5 Å². The van der Waals surface area contributed by atoms with E-state index in [1.807, 2.05) is 24.3 Å². The number of amides is 1. The predicted octanol–water partition coefficient (Wildman–Crippen LogP) is 2.67. The van der Waals surface area contributed by atoms with E-state index in [0.717, 1.165) is 17.5 Å². The molecule has 33 heavy (non-hydrogen) atoms. The number of fused-ring (bicyclic) bond motifs is 2. The molecule has 3 aromatic rings. The van der Waals surface area contributed by atoms with Crippen molar-refractivity contribution in [3.05, 3.63) is 48.4 Å². The van der Waals surface area contributed by atoms with Crippen molar-refractivity contribution in [1.29, 1.82) is 0 Å². The van der Waals surface area contributed by atoms with Gasteiger partial charge < -0.3 is 18.8 Å². The highest BCUT2D eigenvalue weighted by Gasteiger charge is 2.28. The van der Waals surface area contributed by atoms with E-state index in [-0.39, 0.29) is 23.3 Å². The predicted molar refractivity (Wildman–Crippen MR) is 120 cm³/mol. The Balaban J connectivity index is 1.17. The first-order valence-electron chi connectivity index (χ1n) is 11.0. The summed E-state index contributed by atoms with van der Waals surface area (Å²) in [5.41, 5.74) is 1.59. The highest BCUT2D eigenvalue weighted by Crippen LogP contribution is 2.32. The molecule has 1 aromatic heterocycles. The Morgan fingerprint density at radius 1 is 1.06 bits per heavy atom. The Hall–Kier alpha value is -3.11. The van der Waals surface area contributed by atoms with Crippen LogP contribution in [-0.4, -0.2) is 57.1 Å². The molecule has 1 amide bonds. The Kier molecular flexibility index (Phi) is 5.94. The summed E-state index contributed by atoms with van der Waals surface area (Å²) >= 11 is 0. The molecule has 3 heterocycles. The number of carbonyl (C=O) groups excluding carboxylic acids is 1. The van der Waals surface area contributed by atoms with Gasteiger partial charge in [0, 0.05) is 31.5 Å². The Morgan fingerprint density at radius 3 is 2.61 bits per heavy atom. The topological polar surface area (TPSA) is 111 Å². The van der Waals surface area contributed by atoms with E-state index >= 15 is 0 Å². The zero-order chi connectivity index (χ0) is 22.8. The van der Waals surface area contributed by atoms with Gasteiger partial charge in [-0.3, -0.25) is 4.79 Å². The normalized spacial score (nSPS) is 17.2. The van der Waals surface area contributed by atoms with E-state index in [9.17, 15) is 13.2 Å². The number of nitrogens with zero attached hydrogens (tertiary/aromatic N) is 2. The number of hydrogen-bond donors (Lipinski definition) is 1. The van der Waals surface area contributed by atoms with Crippen LogP contribution in [0.1, 0.15) is 31.1 Å². The van der Waals surface area contributed by atoms with Gasteiger partial charge in [0.15, 0.2) is 23.0 Å². The summed E-state index contributed by atoms with van der Waals surface area (Å²) < 4.78 is 44.8. The lowest BCUT2D eigenvalue weighted by Gasteiger charge is -2.30. The number of aromatic nitrogens is 1. The summed E-state index contributed by atoms with van der Waals surface area (Å²) in [6.45, 7) is 1.73. The molecule has 0 radical (unpaired) electrons. The Bertz CT molecular complexity index is 1230. The molecule has 1 saturated heterocycles. The van der Waals surface area contributed by atoms with E-state index in [1.54, 1.807) is 11.0 Å². The van der Waals surface area contributed by atoms with Crippen LogP contribution in [0.15, 0.2) is 51.8 Å². The van der Waals surface area contributed by atoms with Crippen LogP contribution >= 0.6 is 0 Å². The van der Waals surface area contributed by atoms with Crippen molar-refractivity contribution < 1.29 is 27.1 Å². The summed E-state index contributed by atoms with van der Waals surface area (Å²) in [5.74, 6) is 1.48. The number of ether oxygens (including phenoxy) is 2. The minimum atomic E-state index is -3.87. The lowest BCUT2D eigenvalue weighted by molar-refractivity contribution is -0.131. The van der Waals surface area contributed by atoms with Crippen LogP contribution in [0, 0.1) is 0 Å². The van der Waals surface area contributed by atoms with Crippen LogP contribution in [0.25, 0.3) is 11.1 Å². The number of piperidine rings is 1. The first kappa shape index (κ1) is 21.7. The molecule has 0 bridgehead atoms. The average molecular weight is 472 g/mol. The number of oxazole rings is 1.